The normalized spacial score (nSPS) is 11.0. The molecule has 0 amide bonds. The number of anilines is 1. The zero-order valence-corrected chi connectivity index (χ0v) is 13.0. The van der Waals surface area contributed by atoms with E-state index >= 15 is 0 Å². The number of esters is 2. The number of aromatic nitrogens is 1. The smallest absolute Gasteiger partial charge is 0.354 e. The maximum atomic E-state index is 11.8. The summed E-state index contributed by atoms with van der Waals surface area (Å²) in [4.78, 5) is 27.4. The molecule has 0 radical (unpaired) electrons. The summed E-state index contributed by atoms with van der Waals surface area (Å²) in [6, 6.07) is 7.09. The van der Waals surface area contributed by atoms with E-state index < -0.39 is 11.9 Å². The molecule has 23 heavy (non-hydrogen) atoms. The highest BCUT2D eigenvalue weighted by atomic mass is 16.5. The van der Waals surface area contributed by atoms with Crippen LogP contribution in [0.4, 0.5) is 5.69 Å². The molecule has 1 N–H and O–H groups in total. The SMILES string of the molecule is COC(=O)/C=C(/Nc1cc(OC)c2ncccc2c1)C(=O)OC. The predicted molar refractivity (Wildman–Crippen MR) is 84.0 cm³/mol. The summed E-state index contributed by atoms with van der Waals surface area (Å²) in [5.41, 5.74) is 1.18. The van der Waals surface area contributed by atoms with E-state index in [1.165, 1.54) is 21.3 Å². The number of fused-ring (bicyclic) bond motifs is 1. The van der Waals surface area contributed by atoms with E-state index in [9.17, 15) is 9.59 Å². The van der Waals surface area contributed by atoms with E-state index in [0.29, 0.717) is 17.0 Å². The minimum Gasteiger partial charge on any atom is -0.494 e. The fourth-order valence-electron chi connectivity index (χ4n) is 1.97. The average Bonchev–Trinajstić information content (AvgIpc) is 2.59. The number of benzene rings is 1. The fraction of sp³-hybridized carbons (Fsp3) is 0.188. The number of carbonyl (C=O) groups is 2. The van der Waals surface area contributed by atoms with Crippen molar-refractivity contribution in [1.82, 2.24) is 4.98 Å². The van der Waals surface area contributed by atoms with Crippen molar-refractivity contribution in [3.8, 4) is 5.75 Å². The van der Waals surface area contributed by atoms with Crippen molar-refractivity contribution in [2.24, 2.45) is 0 Å². The summed E-state index contributed by atoms with van der Waals surface area (Å²) in [7, 11) is 3.97. The standard InChI is InChI=1S/C16H16N2O5/c1-21-13-8-11(7-10-5-4-6-17-15(10)13)18-12(16(20)23-3)9-14(19)22-2/h4-9,18H,1-3H3/b12-9+. The van der Waals surface area contributed by atoms with Crippen molar-refractivity contribution in [2.45, 2.75) is 0 Å². The number of nitrogens with zero attached hydrogens (tertiary/aromatic N) is 1. The molecular weight excluding hydrogens is 300 g/mol. The predicted octanol–water partition coefficient (Wildman–Crippen LogP) is 1.89. The topological polar surface area (TPSA) is 86.8 Å². The van der Waals surface area contributed by atoms with Crippen molar-refractivity contribution in [2.75, 3.05) is 26.6 Å². The maximum absolute atomic E-state index is 11.8. The van der Waals surface area contributed by atoms with Gasteiger partial charge in [-0.3, -0.25) is 4.98 Å². The molecule has 1 aromatic heterocycles. The first-order valence-electron chi connectivity index (χ1n) is 6.66. The van der Waals surface area contributed by atoms with Gasteiger partial charge in [0.1, 0.15) is 17.0 Å². The van der Waals surface area contributed by atoms with E-state index in [4.69, 9.17) is 4.74 Å². The van der Waals surface area contributed by atoms with Gasteiger partial charge in [0.25, 0.3) is 0 Å². The van der Waals surface area contributed by atoms with Gasteiger partial charge in [-0.25, -0.2) is 9.59 Å². The summed E-state index contributed by atoms with van der Waals surface area (Å²) in [5.74, 6) is -0.833. The van der Waals surface area contributed by atoms with Crippen molar-refractivity contribution in [3.63, 3.8) is 0 Å². The lowest BCUT2D eigenvalue weighted by atomic mass is 10.1. The third kappa shape index (κ3) is 3.76. The van der Waals surface area contributed by atoms with Crippen molar-refractivity contribution in [1.29, 1.82) is 0 Å². The summed E-state index contributed by atoms with van der Waals surface area (Å²) in [6.45, 7) is 0. The number of ether oxygens (including phenoxy) is 3. The van der Waals surface area contributed by atoms with Gasteiger partial charge in [-0.1, -0.05) is 6.07 Å². The van der Waals surface area contributed by atoms with Crippen LogP contribution < -0.4 is 10.1 Å². The van der Waals surface area contributed by atoms with Crippen molar-refractivity contribution < 1.29 is 23.8 Å². The largest absolute Gasteiger partial charge is 0.494 e. The fourth-order valence-corrected chi connectivity index (χ4v) is 1.97. The molecule has 120 valence electrons. The Hall–Kier alpha value is -3.09. The Balaban J connectivity index is 2.44. The van der Waals surface area contributed by atoms with E-state index in [1.54, 1.807) is 24.4 Å². The van der Waals surface area contributed by atoms with Crippen molar-refractivity contribution >= 4 is 28.5 Å². The van der Waals surface area contributed by atoms with E-state index in [0.717, 1.165) is 11.5 Å². The van der Waals surface area contributed by atoms with Crippen LogP contribution >= 0.6 is 0 Å². The Bertz CT molecular complexity index is 770. The molecule has 0 aliphatic carbocycles. The van der Waals surface area contributed by atoms with E-state index in [1.807, 2.05) is 6.07 Å². The van der Waals surface area contributed by atoms with E-state index in [2.05, 4.69) is 19.8 Å². The second-order valence-electron chi connectivity index (χ2n) is 4.45. The Morgan fingerprint density at radius 2 is 1.96 bits per heavy atom. The molecule has 0 spiro atoms. The quantitative estimate of drug-likeness (QED) is 0.665. The Kier molecular flexibility index (Phi) is 5.14. The molecule has 0 saturated heterocycles. The molecule has 0 atom stereocenters. The van der Waals surface area contributed by atoms with Crippen LogP contribution in [0.5, 0.6) is 5.75 Å². The number of rotatable bonds is 5. The Labute approximate surface area is 132 Å². The van der Waals surface area contributed by atoms with Crippen LogP contribution in [-0.4, -0.2) is 38.3 Å². The van der Waals surface area contributed by atoms with Gasteiger partial charge in [-0.2, -0.15) is 0 Å². The summed E-state index contributed by atoms with van der Waals surface area (Å²) in [5, 5.41) is 3.66. The summed E-state index contributed by atoms with van der Waals surface area (Å²) < 4.78 is 14.5. The first-order chi connectivity index (χ1) is 11.1. The van der Waals surface area contributed by atoms with Gasteiger partial charge in [0.2, 0.25) is 0 Å². The summed E-state index contributed by atoms with van der Waals surface area (Å²) >= 11 is 0. The average molecular weight is 316 g/mol. The zero-order chi connectivity index (χ0) is 16.8. The number of hydrogen-bond acceptors (Lipinski definition) is 7. The van der Waals surface area contributed by atoms with Gasteiger partial charge in [0, 0.05) is 23.3 Å². The van der Waals surface area contributed by atoms with Crippen LogP contribution in [0.15, 0.2) is 42.2 Å². The molecule has 2 rings (SSSR count). The second kappa shape index (κ2) is 7.26. The number of nitrogens with one attached hydrogen (secondary N) is 1. The highest BCUT2D eigenvalue weighted by Gasteiger charge is 2.14. The first kappa shape index (κ1) is 16.3. The number of carbonyl (C=O) groups excluding carboxylic acids is 2. The molecule has 7 nitrogen and oxygen atoms in total. The third-order valence-electron chi connectivity index (χ3n) is 3.04. The number of methoxy groups -OCH3 is 3. The molecule has 0 aliphatic heterocycles. The van der Waals surface area contributed by atoms with E-state index in [-0.39, 0.29) is 5.70 Å². The van der Waals surface area contributed by atoms with Gasteiger partial charge in [-0.15, -0.1) is 0 Å². The lowest BCUT2D eigenvalue weighted by Crippen LogP contribution is -2.15. The third-order valence-corrected chi connectivity index (χ3v) is 3.04. The zero-order valence-electron chi connectivity index (χ0n) is 13.0. The van der Waals surface area contributed by atoms with Gasteiger partial charge in [-0.05, 0) is 12.1 Å². The highest BCUT2D eigenvalue weighted by Crippen LogP contribution is 2.28. The minimum atomic E-state index is -0.694. The number of pyridine rings is 1. The van der Waals surface area contributed by atoms with Crippen LogP contribution in [0.1, 0.15) is 0 Å². The molecule has 0 saturated carbocycles. The minimum absolute atomic E-state index is 0.0513. The molecule has 0 unspecified atom stereocenters. The van der Waals surface area contributed by atoms with Crippen LogP contribution in [-0.2, 0) is 19.1 Å². The molecule has 7 heteroatoms. The summed E-state index contributed by atoms with van der Waals surface area (Å²) in [6.07, 6.45) is 2.68. The van der Waals surface area contributed by atoms with Gasteiger partial charge < -0.3 is 19.5 Å². The molecule has 0 fully saturated rings. The second-order valence-corrected chi connectivity index (χ2v) is 4.45. The van der Waals surface area contributed by atoms with Crippen molar-refractivity contribution in [3.05, 3.63) is 42.2 Å². The first-order valence-corrected chi connectivity index (χ1v) is 6.66. The molecular formula is C16H16N2O5. The van der Waals surface area contributed by atoms with Crippen LogP contribution in [0.25, 0.3) is 10.9 Å². The number of hydrogen-bond donors (Lipinski definition) is 1. The molecule has 1 aromatic carbocycles. The molecule has 1 heterocycles. The molecule has 0 bridgehead atoms. The monoisotopic (exact) mass is 316 g/mol. The van der Waals surface area contributed by atoms with Crippen LogP contribution in [0.2, 0.25) is 0 Å². The lowest BCUT2D eigenvalue weighted by molar-refractivity contribution is -0.138. The molecule has 2 aromatic rings. The van der Waals surface area contributed by atoms with Gasteiger partial charge >= 0.3 is 11.9 Å². The maximum Gasteiger partial charge on any atom is 0.354 e. The van der Waals surface area contributed by atoms with Gasteiger partial charge in [0.05, 0.1) is 27.4 Å². The van der Waals surface area contributed by atoms with Crippen LogP contribution in [0, 0.1) is 0 Å². The Morgan fingerprint density at radius 1 is 1.17 bits per heavy atom. The molecule has 0 aliphatic rings. The highest BCUT2D eigenvalue weighted by molar-refractivity contribution is 5.99. The lowest BCUT2D eigenvalue weighted by Gasteiger charge is -2.12. The Morgan fingerprint density at radius 3 is 2.61 bits per heavy atom. The van der Waals surface area contributed by atoms with Gasteiger partial charge in [0.15, 0.2) is 0 Å². The van der Waals surface area contributed by atoms with Crippen LogP contribution in [0.3, 0.4) is 0 Å².